The van der Waals surface area contributed by atoms with Crippen LogP contribution in [-0.2, 0) is 0 Å². The number of nitrogens with one attached hydrogen (secondary N) is 2. The molecule has 0 saturated heterocycles. The van der Waals surface area contributed by atoms with Crippen LogP contribution in [-0.4, -0.2) is 28.2 Å². The van der Waals surface area contributed by atoms with Gasteiger partial charge >= 0.3 is 0 Å². The van der Waals surface area contributed by atoms with Gasteiger partial charge in [-0.15, -0.1) is 0 Å². The third-order valence-corrected chi connectivity index (χ3v) is 4.78. The third kappa shape index (κ3) is 3.39. The van der Waals surface area contributed by atoms with E-state index >= 15 is 0 Å². The maximum absolute atomic E-state index is 5.45. The van der Waals surface area contributed by atoms with E-state index in [-0.39, 0.29) is 0 Å². The number of rotatable bonds is 4. The summed E-state index contributed by atoms with van der Waals surface area (Å²) in [6.45, 7) is 2.64. The first-order valence-electron chi connectivity index (χ1n) is 8.17. The topological polar surface area (TPSA) is 61.8 Å². The summed E-state index contributed by atoms with van der Waals surface area (Å²) in [7, 11) is 0. The van der Waals surface area contributed by atoms with Crippen LogP contribution in [0.25, 0.3) is 10.9 Å². The Labute approximate surface area is 150 Å². The summed E-state index contributed by atoms with van der Waals surface area (Å²) in [6, 6.07) is 16.0. The zero-order valence-electron chi connectivity index (χ0n) is 13.8. The number of H-pyrrole nitrogens is 1. The van der Waals surface area contributed by atoms with Crippen molar-refractivity contribution in [2.45, 2.75) is 6.92 Å². The van der Waals surface area contributed by atoms with E-state index in [1.165, 1.54) is 5.39 Å². The van der Waals surface area contributed by atoms with Crippen molar-refractivity contribution in [2.75, 3.05) is 12.4 Å². The highest BCUT2D eigenvalue weighted by Gasteiger charge is 2.16. The molecule has 0 spiro atoms. The molecule has 6 heteroatoms. The van der Waals surface area contributed by atoms with Gasteiger partial charge in [0.25, 0.3) is 0 Å². The molecule has 0 aliphatic carbocycles. The Hall–Kier alpha value is -2.73. The standard InChI is InChI=1S/C19H18N4OS/c1-2-24-14-9-7-13(8-10-14)21-19-23-22-18(12-25-19)16-11-20-17-6-4-3-5-15(16)17/h3-11,20H,2,12H2,1H3,(H,21,23). The van der Waals surface area contributed by atoms with Gasteiger partial charge < -0.3 is 9.72 Å². The van der Waals surface area contributed by atoms with E-state index in [1.807, 2.05) is 49.5 Å². The van der Waals surface area contributed by atoms with Crippen LogP contribution in [0.15, 0.2) is 64.8 Å². The van der Waals surface area contributed by atoms with Crippen molar-refractivity contribution in [2.24, 2.45) is 10.1 Å². The first-order chi connectivity index (χ1) is 12.3. The Morgan fingerprint density at radius 1 is 1.16 bits per heavy atom. The van der Waals surface area contributed by atoms with Gasteiger partial charge in [0.2, 0.25) is 0 Å². The number of hydrogen-bond acceptors (Lipinski definition) is 4. The lowest BCUT2D eigenvalue weighted by atomic mass is 10.1. The Bertz CT molecular complexity index is 943. The van der Waals surface area contributed by atoms with Crippen LogP contribution < -0.4 is 10.2 Å². The number of nitrogens with zero attached hydrogens (tertiary/aromatic N) is 2. The SMILES string of the molecule is CCOc1ccc(N=C2NN=C(c3c[nH]c4ccccc34)CS2)cc1. The highest BCUT2D eigenvalue weighted by molar-refractivity contribution is 8.14. The van der Waals surface area contributed by atoms with Crippen molar-refractivity contribution in [3.8, 4) is 5.75 Å². The number of hydrogen-bond donors (Lipinski definition) is 2. The molecule has 2 N–H and O–H groups in total. The highest BCUT2D eigenvalue weighted by Crippen LogP contribution is 2.24. The van der Waals surface area contributed by atoms with Crippen molar-refractivity contribution in [3.63, 3.8) is 0 Å². The van der Waals surface area contributed by atoms with E-state index in [2.05, 4.69) is 32.6 Å². The van der Waals surface area contributed by atoms with Crippen molar-refractivity contribution in [1.82, 2.24) is 10.4 Å². The fourth-order valence-electron chi connectivity index (χ4n) is 2.72. The van der Waals surface area contributed by atoms with Crippen LogP contribution >= 0.6 is 11.8 Å². The van der Waals surface area contributed by atoms with Gasteiger partial charge in [-0.05, 0) is 37.3 Å². The normalized spacial score (nSPS) is 15.9. The second kappa shape index (κ2) is 7.03. The molecule has 2 heterocycles. The van der Waals surface area contributed by atoms with E-state index in [1.54, 1.807) is 11.8 Å². The first kappa shape index (κ1) is 15.8. The van der Waals surface area contributed by atoms with Crippen molar-refractivity contribution in [3.05, 3.63) is 60.3 Å². The van der Waals surface area contributed by atoms with Crippen LogP contribution in [0.1, 0.15) is 12.5 Å². The largest absolute Gasteiger partial charge is 0.494 e. The second-order valence-electron chi connectivity index (χ2n) is 5.55. The van der Waals surface area contributed by atoms with Crippen LogP contribution in [0.3, 0.4) is 0 Å². The second-order valence-corrected chi connectivity index (χ2v) is 6.51. The Kier molecular flexibility index (Phi) is 4.43. The van der Waals surface area contributed by atoms with Gasteiger partial charge in [0.1, 0.15) is 5.75 Å². The molecule has 4 rings (SSSR count). The van der Waals surface area contributed by atoms with Gasteiger partial charge in [-0.3, -0.25) is 5.43 Å². The molecule has 2 aromatic carbocycles. The van der Waals surface area contributed by atoms with E-state index in [0.717, 1.165) is 39.1 Å². The number of aromatic nitrogens is 1. The van der Waals surface area contributed by atoms with Crippen molar-refractivity contribution < 1.29 is 4.74 Å². The number of thioether (sulfide) groups is 1. The number of aliphatic imine (C=N–C) groups is 1. The average molecular weight is 350 g/mol. The molecular weight excluding hydrogens is 332 g/mol. The van der Waals surface area contributed by atoms with E-state index in [0.29, 0.717) is 6.61 Å². The molecule has 25 heavy (non-hydrogen) atoms. The molecule has 3 aromatic rings. The summed E-state index contributed by atoms with van der Waals surface area (Å²) in [4.78, 5) is 7.89. The lowest BCUT2D eigenvalue weighted by Crippen LogP contribution is -2.25. The molecule has 1 aromatic heterocycles. The van der Waals surface area contributed by atoms with E-state index in [4.69, 9.17) is 4.74 Å². The zero-order valence-corrected chi connectivity index (χ0v) is 14.6. The summed E-state index contributed by atoms with van der Waals surface area (Å²) in [5, 5.41) is 6.51. The summed E-state index contributed by atoms with van der Waals surface area (Å²) < 4.78 is 5.45. The quantitative estimate of drug-likeness (QED) is 0.738. The molecule has 0 fully saturated rings. The maximum atomic E-state index is 5.45. The predicted molar refractivity (Wildman–Crippen MR) is 105 cm³/mol. The van der Waals surface area contributed by atoms with Gasteiger partial charge in [-0.2, -0.15) is 5.10 Å². The van der Waals surface area contributed by atoms with Gasteiger partial charge in [0, 0.05) is 28.4 Å². The molecule has 0 radical (unpaired) electrons. The zero-order chi connectivity index (χ0) is 17.1. The van der Waals surface area contributed by atoms with Gasteiger partial charge in [-0.1, -0.05) is 30.0 Å². The maximum Gasteiger partial charge on any atom is 0.182 e. The fraction of sp³-hybridized carbons (Fsp3) is 0.158. The first-order valence-corrected chi connectivity index (χ1v) is 9.15. The molecule has 1 aliphatic heterocycles. The summed E-state index contributed by atoms with van der Waals surface area (Å²) in [5.41, 5.74) is 7.23. The summed E-state index contributed by atoms with van der Waals surface area (Å²) in [5.74, 6) is 1.64. The van der Waals surface area contributed by atoms with Crippen LogP contribution in [0, 0.1) is 0 Å². The fourth-order valence-corrected chi connectivity index (χ4v) is 3.50. The Morgan fingerprint density at radius 3 is 2.76 bits per heavy atom. The van der Waals surface area contributed by atoms with Crippen LogP contribution in [0.4, 0.5) is 5.69 Å². The van der Waals surface area contributed by atoms with Gasteiger partial charge in [-0.25, -0.2) is 4.99 Å². The number of hydrazone groups is 1. The lowest BCUT2D eigenvalue weighted by Gasteiger charge is -2.14. The molecule has 0 saturated carbocycles. The third-order valence-electron chi connectivity index (χ3n) is 3.91. The minimum atomic E-state index is 0.663. The number of amidine groups is 1. The number of ether oxygens (including phenoxy) is 1. The number of para-hydroxylation sites is 1. The molecule has 0 bridgehead atoms. The molecule has 0 amide bonds. The Morgan fingerprint density at radius 2 is 2.00 bits per heavy atom. The van der Waals surface area contributed by atoms with E-state index in [9.17, 15) is 0 Å². The van der Waals surface area contributed by atoms with Crippen LogP contribution in [0.5, 0.6) is 5.75 Å². The average Bonchev–Trinajstić information content (AvgIpc) is 3.08. The van der Waals surface area contributed by atoms with Gasteiger partial charge in [0.05, 0.1) is 18.0 Å². The predicted octanol–water partition coefficient (Wildman–Crippen LogP) is 4.29. The van der Waals surface area contributed by atoms with Gasteiger partial charge in [0.15, 0.2) is 5.17 Å². The molecule has 126 valence electrons. The molecular formula is C19H18N4OS. The molecule has 0 unspecified atom stereocenters. The number of aromatic amines is 1. The minimum Gasteiger partial charge on any atom is -0.494 e. The molecule has 0 atom stereocenters. The van der Waals surface area contributed by atoms with Crippen LogP contribution in [0.2, 0.25) is 0 Å². The lowest BCUT2D eigenvalue weighted by molar-refractivity contribution is 0.340. The highest BCUT2D eigenvalue weighted by atomic mass is 32.2. The smallest absolute Gasteiger partial charge is 0.182 e. The molecule has 1 aliphatic rings. The minimum absolute atomic E-state index is 0.663. The number of fused-ring (bicyclic) bond motifs is 1. The summed E-state index contributed by atoms with van der Waals surface area (Å²) in [6.07, 6.45) is 2.01. The van der Waals surface area contributed by atoms with Crippen molar-refractivity contribution >= 4 is 39.2 Å². The molecule has 5 nitrogen and oxygen atoms in total. The van der Waals surface area contributed by atoms with Crippen molar-refractivity contribution in [1.29, 1.82) is 0 Å². The Balaban J connectivity index is 1.51. The summed E-state index contributed by atoms with van der Waals surface area (Å²) >= 11 is 1.65. The van der Waals surface area contributed by atoms with E-state index < -0.39 is 0 Å². The monoisotopic (exact) mass is 350 g/mol. The number of benzene rings is 2.